The number of hydrogen-bond acceptors (Lipinski definition) is 6. The number of carbonyl (C=O) groups is 1. The minimum Gasteiger partial charge on any atom is -0.493 e. The van der Waals surface area contributed by atoms with Crippen LogP contribution in [0.25, 0.3) is 0 Å². The second-order valence-electron chi connectivity index (χ2n) is 11.7. The van der Waals surface area contributed by atoms with Gasteiger partial charge in [-0.05, 0) is 68.3 Å². The van der Waals surface area contributed by atoms with Crippen molar-refractivity contribution in [2.45, 2.75) is 84.0 Å². The quantitative estimate of drug-likeness (QED) is 0.367. The first-order valence-electron chi connectivity index (χ1n) is 13.5. The van der Waals surface area contributed by atoms with E-state index in [1.807, 2.05) is 0 Å². The van der Waals surface area contributed by atoms with Crippen molar-refractivity contribution in [3.63, 3.8) is 0 Å². The third kappa shape index (κ3) is 4.53. The second-order valence-corrected chi connectivity index (χ2v) is 11.7. The summed E-state index contributed by atoms with van der Waals surface area (Å²) < 4.78 is 24.0. The van der Waals surface area contributed by atoms with Crippen molar-refractivity contribution < 1.29 is 23.7 Å². The zero-order valence-electron chi connectivity index (χ0n) is 21.6. The number of fused-ring (bicyclic) bond motifs is 3. The smallest absolute Gasteiger partial charge is 0.356 e. The predicted octanol–water partition coefficient (Wildman–Crippen LogP) is 5.96. The number of ether oxygens (including phenoxy) is 4. The van der Waals surface area contributed by atoms with E-state index in [1.165, 1.54) is 38.4 Å². The van der Waals surface area contributed by atoms with Crippen LogP contribution < -0.4 is 4.74 Å². The third-order valence-corrected chi connectivity index (χ3v) is 9.76. The van der Waals surface area contributed by atoms with Gasteiger partial charge in [0.15, 0.2) is 12.0 Å². The van der Waals surface area contributed by atoms with Gasteiger partial charge in [0.1, 0.15) is 5.75 Å². The number of allylic oxidation sites excluding steroid dienone is 1. The molecule has 3 saturated carbocycles. The molecule has 0 spiro atoms. The topological polar surface area (TPSA) is 66.9 Å². The van der Waals surface area contributed by atoms with E-state index in [0.717, 1.165) is 38.7 Å². The molecule has 3 aliphatic carbocycles. The van der Waals surface area contributed by atoms with Gasteiger partial charge >= 0.3 is 5.97 Å². The molecule has 1 aromatic rings. The number of pyridine rings is 1. The molecule has 6 nitrogen and oxygen atoms in total. The van der Waals surface area contributed by atoms with Crippen molar-refractivity contribution in [2.24, 2.45) is 28.6 Å². The zero-order chi connectivity index (χ0) is 24.6. The highest BCUT2D eigenvalue weighted by Crippen LogP contribution is 2.63. The molecule has 4 fully saturated rings. The first-order chi connectivity index (χ1) is 16.8. The monoisotopic (exact) mass is 483 g/mol. The Morgan fingerprint density at radius 2 is 2.00 bits per heavy atom. The number of aromatic nitrogens is 1. The maximum absolute atomic E-state index is 11.8. The summed E-state index contributed by atoms with van der Waals surface area (Å²) in [6, 6.07) is 3.44. The molecule has 0 bridgehead atoms. The summed E-state index contributed by atoms with van der Waals surface area (Å²) in [5.74, 6) is 1.71. The van der Waals surface area contributed by atoms with Crippen LogP contribution in [-0.4, -0.2) is 43.7 Å². The highest BCUT2D eigenvalue weighted by Gasteiger charge is 2.60. The van der Waals surface area contributed by atoms with E-state index in [9.17, 15) is 4.79 Å². The fourth-order valence-corrected chi connectivity index (χ4v) is 7.87. The van der Waals surface area contributed by atoms with Crippen molar-refractivity contribution in [3.8, 4) is 5.75 Å². The van der Waals surface area contributed by atoms with Crippen molar-refractivity contribution >= 4 is 5.97 Å². The Balaban J connectivity index is 1.26. The van der Waals surface area contributed by atoms with Crippen LogP contribution in [0.4, 0.5) is 0 Å². The van der Waals surface area contributed by atoms with Crippen molar-refractivity contribution in [1.82, 2.24) is 4.98 Å². The van der Waals surface area contributed by atoms with Gasteiger partial charge in [-0.15, -0.1) is 0 Å². The summed E-state index contributed by atoms with van der Waals surface area (Å²) in [5, 5.41) is 0. The Morgan fingerprint density at radius 3 is 2.77 bits per heavy atom. The first kappa shape index (κ1) is 24.8. The number of hydrogen-bond donors (Lipinski definition) is 0. The highest BCUT2D eigenvalue weighted by atomic mass is 16.7. The normalized spacial score (nSPS) is 37.4. The Kier molecular flexibility index (Phi) is 6.97. The van der Waals surface area contributed by atoms with Gasteiger partial charge in [-0.2, -0.15) is 0 Å². The highest BCUT2D eigenvalue weighted by molar-refractivity contribution is 5.87. The van der Waals surface area contributed by atoms with Gasteiger partial charge in [-0.1, -0.05) is 38.8 Å². The Labute approximate surface area is 209 Å². The van der Waals surface area contributed by atoms with E-state index >= 15 is 0 Å². The minimum atomic E-state index is -0.455. The summed E-state index contributed by atoms with van der Waals surface area (Å²) in [5.41, 5.74) is 1.81. The van der Waals surface area contributed by atoms with Crippen LogP contribution in [0.1, 0.15) is 82.1 Å². The summed E-state index contributed by atoms with van der Waals surface area (Å²) in [4.78, 5) is 15.9. The molecule has 6 atom stereocenters. The van der Waals surface area contributed by atoms with Crippen LogP contribution in [0.2, 0.25) is 0 Å². The minimum absolute atomic E-state index is 0.00192. The third-order valence-electron chi connectivity index (χ3n) is 9.76. The summed E-state index contributed by atoms with van der Waals surface area (Å²) in [6.07, 6.45) is 12.4. The SMILES string of the molecule is C=C1CCC2C(C)(CCC3O[C@H](C4CCCC4)OC[C@]32C)C1CCOc1ccnc(C(=O)OC)c1. The average Bonchev–Trinajstić information content (AvgIpc) is 3.40. The molecule has 4 unspecified atom stereocenters. The molecule has 192 valence electrons. The van der Waals surface area contributed by atoms with E-state index < -0.39 is 5.97 Å². The van der Waals surface area contributed by atoms with Gasteiger partial charge < -0.3 is 18.9 Å². The Hall–Kier alpha value is -1.92. The number of carbonyl (C=O) groups excluding carboxylic acids is 1. The maximum atomic E-state index is 11.8. The second kappa shape index (κ2) is 9.85. The van der Waals surface area contributed by atoms with Crippen LogP contribution in [0.15, 0.2) is 30.5 Å². The average molecular weight is 484 g/mol. The van der Waals surface area contributed by atoms with E-state index in [-0.39, 0.29) is 28.9 Å². The fraction of sp³-hybridized carbons (Fsp3) is 0.724. The molecule has 0 amide bonds. The van der Waals surface area contributed by atoms with Gasteiger partial charge in [-0.25, -0.2) is 9.78 Å². The number of rotatable bonds is 6. The molecule has 1 aliphatic heterocycles. The fourth-order valence-electron chi connectivity index (χ4n) is 7.87. The van der Waals surface area contributed by atoms with Gasteiger partial charge in [0, 0.05) is 23.6 Å². The largest absolute Gasteiger partial charge is 0.493 e. The first-order valence-corrected chi connectivity index (χ1v) is 13.5. The van der Waals surface area contributed by atoms with E-state index in [0.29, 0.717) is 30.1 Å². The summed E-state index contributed by atoms with van der Waals surface area (Å²) >= 11 is 0. The molecule has 6 heteroatoms. The Bertz CT molecular complexity index is 943. The lowest BCUT2D eigenvalue weighted by Crippen LogP contribution is -2.62. The molecule has 1 aromatic heterocycles. The van der Waals surface area contributed by atoms with E-state index in [4.69, 9.17) is 18.9 Å². The lowest BCUT2D eigenvalue weighted by atomic mass is 9.46. The van der Waals surface area contributed by atoms with Gasteiger partial charge in [-0.3, -0.25) is 0 Å². The van der Waals surface area contributed by atoms with E-state index in [2.05, 4.69) is 25.4 Å². The number of nitrogens with zero attached hydrogens (tertiary/aromatic N) is 1. The van der Waals surface area contributed by atoms with Gasteiger partial charge in [0.2, 0.25) is 0 Å². The molecule has 35 heavy (non-hydrogen) atoms. The van der Waals surface area contributed by atoms with Crippen molar-refractivity contribution in [1.29, 1.82) is 0 Å². The van der Waals surface area contributed by atoms with Crippen LogP contribution in [0.3, 0.4) is 0 Å². The molecular formula is C29H41NO5. The lowest BCUT2D eigenvalue weighted by molar-refractivity contribution is -0.316. The molecular weight excluding hydrogens is 442 g/mol. The molecule has 1 saturated heterocycles. The molecule has 5 rings (SSSR count). The standard InChI is InChI=1S/C29H41NO5/c1-19-9-10-24-28(2,22(19)13-16-33-21-12-15-30-23(17-21)26(31)32-4)14-11-25-29(24,3)18-34-27(35-25)20-7-5-6-8-20/h12,15,17,20,22,24-25,27H,1,5-11,13-14,16,18H2,2-4H3/t22?,24?,25?,27-,28?,29+/m1/s1. The van der Waals surface area contributed by atoms with Crippen LogP contribution in [-0.2, 0) is 14.2 Å². The van der Waals surface area contributed by atoms with Crippen LogP contribution >= 0.6 is 0 Å². The van der Waals surface area contributed by atoms with E-state index in [1.54, 1.807) is 18.3 Å². The Morgan fingerprint density at radius 1 is 1.20 bits per heavy atom. The molecule has 0 aromatic carbocycles. The molecule has 4 aliphatic rings. The predicted molar refractivity (Wildman–Crippen MR) is 133 cm³/mol. The van der Waals surface area contributed by atoms with Gasteiger partial charge in [0.25, 0.3) is 0 Å². The number of esters is 1. The summed E-state index contributed by atoms with van der Waals surface area (Å²) in [6.45, 7) is 10.8. The molecule has 0 radical (unpaired) electrons. The summed E-state index contributed by atoms with van der Waals surface area (Å²) in [7, 11) is 1.36. The lowest BCUT2D eigenvalue weighted by Gasteiger charge is -2.63. The molecule has 2 heterocycles. The van der Waals surface area contributed by atoms with Crippen molar-refractivity contribution in [2.75, 3.05) is 20.3 Å². The van der Waals surface area contributed by atoms with Gasteiger partial charge in [0.05, 0.1) is 26.4 Å². The zero-order valence-corrected chi connectivity index (χ0v) is 21.6. The van der Waals surface area contributed by atoms with Crippen LogP contribution in [0, 0.1) is 28.6 Å². The number of methoxy groups -OCH3 is 1. The maximum Gasteiger partial charge on any atom is 0.356 e. The molecule has 0 N–H and O–H groups in total. The van der Waals surface area contributed by atoms with Crippen molar-refractivity contribution in [3.05, 3.63) is 36.2 Å². The van der Waals surface area contributed by atoms with Crippen LogP contribution in [0.5, 0.6) is 5.75 Å².